The minimum atomic E-state index is -4.80. The van der Waals surface area contributed by atoms with Crippen molar-refractivity contribution in [3.8, 4) is 5.75 Å². The zero-order chi connectivity index (χ0) is 22.0. The molecule has 1 aromatic carbocycles. The number of aromatic nitrogens is 1. The maximum absolute atomic E-state index is 13.1. The second-order valence-electron chi connectivity index (χ2n) is 6.44. The average molecular weight is 445 g/mol. The van der Waals surface area contributed by atoms with Gasteiger partial charge in [-0.3, -0.25) is 19.5 Å². The quantitative estimate of drug-likeness (QED) is 0.569. The summed E-state index contributed by atoms with van der Waals surface area (Å²) in [4.78, 5) is 32.0. The van der Waals surface area contributed by atoms with Crippen LogP contribution in [0, 0.1) is 0 Å². The van der Waals surface area contributed by atoms with E-state index in [1.54, 1.807) is 41.9 Å². The Bertz CT molecular complexity index is 1130. The first-order valence-corrected chi connectivity index (χ1v) is 9.87. The summed E-state index contributed by atoms with van der Waals surface area (Å²) in [6.45, 7) is -0.00305. The molecule has 0 saturated heterocycles. The lowest BCUT2D eigenvalue weighted by Gasteiger charge is -2.15. The summed E-state index contributed by atoms with van der Waals surface area (Å²) in [6.07, 6.45) is -3.23. The third kappa shape index (κ3) is 4.58. The molecule has 0 spiro atoms. The van der Waals surface area contributed by atoms with Gasteiger partial charge in [0.2, 0.25) is 0 Å². The van der Waals surface area contributed by atoms with Crippen molar-refractivity contribution in [2.45, 2.75) is 12.9 Å². The molecule has 0 atom stereocenters. The van der Waals surface area contributed by atoms with Gasteiger partial charge in [0.1, 0.15) is 11.4 Å². The number of benzene rings is 1. The third-order valence-electron chi connectivity index (χ3n) is 4.34. The van der Waals surface area contributed by atoms with Crippen LogP contribution >= 0.6 is 11.3 Å². The minimum Gasteiger partial charge on any atom is -0.406 e. The number of carbonyl (C=O) groups is 2. The molecular weight excluding hydrogens is 431 g/mol. The van der Waals surface area contributed by atoms with Crippen LogP contribution in [0.5, 0.6) is 5.75 Å². The van der Waals surface area contributed by atoms with E-state index >= 15 is 0 Å². The van der Waals surface area contributed by atoms with Gasteiger partial charge in [-0.25, -0.2) is 0 Å². The number of hydrogen-bond acceptors (Lipinski definition) is 6. The fraction of sp³-hybridized carbons (Fsp3) is 0.0952. The van der Waals surface area contributed by atoms with E-state index in [2.05, 4.69) is 15.0 Å². The number of rotatable bonds is 6. The molecule has 4 rings (SSSR count). The Labute approximate surface area is 178 Å². The number of alkyl halides is 3. The SMILES string of the molecule is O=C1C(Nc2ccc(OC(F)(F)F)cc2)=C(c2cccs2)C(=O)N1Cc1ccccn1. The fourth-order valence-electron chi connectivity index (χ4n) is 3.02. The maximum Gasteiger partial charge on any atom is 0.573 e. The number of carbonyl (C=O) groups excluding carboxylic acids is 2. The largest absolute Gasteiger partial charge is 0.573 e. The van der Waals surface area contributed by atoms with Crippen LogP contribution in [-0.4, -0.2) is 28.1 Å². The summed E-state index contributed by atoms with van der Waals surface area (Å²) in [7, 11) is 0. The van der Waals surface area contributed by atoms with E-state index in [0.29, 0.717) is 16.3 Å². The van der Waals surface area contributed by atoms with Crippen molar-refractivity contribution >= 4 is 34.4 Å². The Kier molecular flexibility index (Phi) is 5.47. The molecule has 1 aliphatic rings. The van der Waals surface area contributed by atoms with Crippen LogP contribution < -0.4 is 10.1 Å². The molecule has 2 aromatic heterocycles. The first-order chi connectivity index (χ1) is 14.8. The zero-order valence-corrected chi connectivity index (χ0v) is 16.5. The topological polar surface area (TPSA) is 71.5 Å². The van der Waals surface area contributed by atoms with Crippen molar-refractivity contribution in [3.05, 3.63) is 82.4 Å². The van der Waals surface area contributed by atoms with Gasteiger partial charge in [0, 0.05) is 16.8 Å². The summed E-state index contributed by atoms with van der Waals surface area (Å²) >= 11 is 1.30. The highest BCUT2D eigenvalue weighted by Crippen LogP contribution is 2.34. The van der Waals surface area contributed by atoms with E-state index < -0.39 is 23.9 Å². The van der Waals surface area contributed by atoms with Crippen LogP contribution in [0.15, 0.2) is 71.9 Å². The number of halogens is 3. The summed E-state index contributed by atoms with van der Waals surface area (Å²) in [5.41, 5.74) is 1.13. The molecule has 2 amide bonds. The van der Waals surface area contributed by atoms with Crippen LogP contribution in [0.25, 0.3) is 5.57 Å². The molecule has 0 unspecified atom stereocenters. The summed E-state index contributed by atoms with van der Waals surface area (Å²) in [5.74, 6) is -1.41. The molecule has 0 aliphatic carbocycles. The number of pyridine rings is 1. The number of imide groups is 1. The van der Waals surface area contributed by atoms with Crippen LogP contribution in [-0.2, 0) is 16.1 Å². The first kappa shape index (κ1) is 20.6. The van der Waals surface area contributed by atoms with E-state index in [9.17, 15) is 22.8 Å². The van der Waals surface area contributed by atoms with Gasteiger partial charge in [-0.1, -0.05) is 12.1 Å². The molecule has 3 aromatic rings. The van der Waals surface area contributed by atoms with Gasteiger partial charge in [-0.05, 0) is 47.8 Å². The number of hydrogen-bond donors (Lipinski definition) is 1. The Morgan fingerprint density at radius 2 is 1.77 bits per heavy atom. The second-order valence-corrected chi connectivity index (χ2v) is 7.39. The predicted molar refractivity (Wildman–Crippen MR) is 108 cm³/mol. The van der Waals surface area contributed by atoms with Gasteiger partial charge in [0.15, 0.2) is 0 Å². The molecule has 0 radical (unpaired) electrons. The lowest BCUT2D eigenvalue weighted by atomic mass is 10.2. The van der Waals surface area contributed by atoms with Crippen molar-refractivity contribution < 1.29 is 27.5 Å². The van der Waals surface area contributed by atoms with E-state index in [1.807, 2.05) is 0 Å². The van der Waals surface area contributed by atoms with E-state index in [1.165, 1.54) is 23.5 Å². The minimum absolute atomic E-state index is 0.00305. The van der Waals surface area contributed by atoms with Gasteiger partial charge >= 0.3 is 6.36 Å². The van der Waals surface area contributed by atoms with E-state index in [-0.39, 0.29) is 17.8 Å². The second kappa shape index (κ2) is 8.23. The number of amides is 2. The maximum atomic E-state index is 13.1. The number of nitrogens with zero attached hydrogens (tertiary/aromatic N) is 2. The Balaban J connectivity index is 1.63. The number of anilines is 1. The zero-order valence-electron chi connectivity index (χ0n) is 15.7. The van der Waals surface area contributed by atoms with Crippen molar-refractivity contribution in [2.24, 2.45) is 0 Å². The lowest BCUT2D eigenvalue weighted by Crippen LogP contribution is -2.32. The summed E-state index contributed by atoms with van der Waals surface area (Å²) < 4.78 is 40.9. The highest BCUT2D eigenvalue weighted by molar-refractivity contribution is 7.11. The smallest absolute Gasteiger partial charge is 0.406 e. The Hall–Kier alpha value is -3.66. The molecule has 0 fully saturated rings. The van der Waals surface area contributed by atoms with E-state index in [4.69, 9.17) is 0 Å². The van der Waals surface area contributed by atoms with Crippen LogP contribution in [0.2, 0.25) is 0 Å². The molecule has 6 nitrogen and oxygen atoms in total. The standard InChI is InChI=1S/C21H14F3N3O3S/c22-21(23,24)30-15-8-6-13(7-9-15)26-18-17(16-5-3-11-31-16)19(28)27(20(18)29)12-14-4-1-2-10-25-14/h1-11,26H,12H2. The molecule has 10 heteroatoms. The summed E-state index contributed by atoms with van der Waals surface area (Å²) in [6, 6.07) is 13.6. The Morgan fingerprint density at radius 1 is 1.00 bits per heavy atom. The van der Waals surface area contributed by atoms with Crippen LogP contribution in [0.1, 0.15) is 10.6 Å². The molecule has 1 aliphatic heterocycles. The van der Waals surface area contributed by atoms with Crippen molar-refractivity contribution in [3.63, 3.8) is 0 Å². The van der Waals surface area contributed by atoms with Crippen molar-refractivity contribution in [1.29, 1.82) is 0 Å². The number of nitrogens with one attached hydrogen (secondary N) is 1. The van der Waals surface area contributed by atoms with Crippen molar-refractivity contribution in [1.82, 2.24) is 9.88 Å². The first-order valence-electron chi connectivity index (χ1n) is 8.99. The molecule has 158 valence electrons. The average Bonchev–Trinajstić information content (AvgIpc) is 3.32. The predicted octanol–water partition coefficient (Wildman–Crippen LogP) is 4.43. The third-order valence-corrected chi connectivity index (χ3v) is 5.23. The fourth-order valence-corrected chi connectivity index (χ4v) is 3.79. The number of thiophene rings is 1. The van der Waals surface area contributed by atoms with Crippen LogP contribution in [0.4, 0.5) is 18.9 Å². The normalized spacial score (nSPS) is 14.4. The molecule has 3 heterocycles. The Morgan fingerprint density at radius 3 is 2.39 bits per heavy atom. The van der Waals surface area contributed by atoms with Crippen LogP contribution in [0.3, 0.4) is 0 Å². The van der Waals surface area contributed by atoms with Gasteiger partial charge in [0.25, 0.3) is 11.8 Å². The van der Waals surface area contributed by atoms with Crippen molar-refractivity contribution in [2.75, 3.05) is 5.32 Å². The highest BCUT2D eigenvalue weighted by Gasteiger charge is 2.40. The molecule has 31 heavy (non-hydrogen) atoms. The molecule has 0 saturated carbocycles. The molecule has 1 N–H and O–H groups in total. The molecular formula is C21H14F3N3O3S. The van der Waals surface area contributed by atoms with Gasteiger partial charge in [0.05, 0.1) is 17.8 Å². The monoisotopic (exact) mass is 445 g/mol. The number of ether oxygens (including phenoxy) is 1. The van der Waals surface area contributed by atoms with E-state index in [0.717, 1.165) is 17.0 Å². The lowest BCUT2D eigenvalue weighted by molar-refractivity contribution is -0.274. The van der Waals surface area contributed by atoms with Gasteiger partial charge in [-0.15, -0.1) is 24.5 Å². The highest BCUT2D eigenvalue weighted by atomic mass is 32.1. The summed E-state index contributed by atoms with van der Waals surface area (Å²) in [5, 5.41) is 4.66. The van der Waals surface area contributed by atoms with Gasteiger partial charge < -0.3 is 10.1 Å². The molecule has 0 bridgehead atoms. The van der Waals surface area contributed by atoms with Gasteiger partial charge in [-0.2, -0.15) is 0 Å².